The second-order valence-electron chi connectivity index (χ2n) is 4.31. The Labute approximate surface area is 99.2 Å². The molecular weight excluding hydrogens is 254 g/mol. The summed E-state index contributed by atoms with van der Waals surface area (Å²) in [4.78, 5) is 4.02. The van der Waals surface area contributed by atoms with Crippen molar-refractivity contribution in [1.29, 1.82) is 0 Å². The third-order valence-electron chi connectivity index (χ3n) is 2.99. The zero-order valence-electron chi connectivity index (χ0n) is 8.95. The number of ether oxygens (including phenoxy) is 1. The Morgan fingerprint density at radius 2 is 2.07 bits per heavy atom. The van der Waals surface area contributed by atoms with E-state index in [2.05, 4.69) is 27.8 Å². The van der Waals surface area contributed by atoms with Crippen LogP contribution in [0.4, 0.5) is 0 Å². The molecule has 0 unspecified atom stereocenters. The highest BCUT2D eigenvalue weighted by atomic mass is 79.9. The molecule has 2 rings (SSSR count). The van der Waals surface area contributed by atoms with Gasteiger partial charge in [0.25, 0.3) is 0 Å². The van der Waals surface area contributed by atoms with Crippen molar-refractivity contribution in [1.82, 2.24) is 4.98 Å². The highest BCUT2D eigenvalue weighted by molar-refractivity contribution is 9.10. The Morgan fingerprint density at radius 1 is 1.33 bits per heavy atom. The third-order valence-corrected chi connectivity index (χ3v) is 3.59. The van der Waals surface area contributed by atoms with Crippen molar-refractivity contribution in [2.24, 2.45) is 5.92 Å². The molecule has 1 heterocycles. The van der Waals surface area contributed by atoms with Crippen LogP contribution >= 0.6 is 15.9 Å². The van der Waals surface area contributed by atoms with Gasteiger partial charge in [0.2, 0.25) is 0 Å². The molecule has 0 bridgehead atoms. The molecule has 3 heteroatoms. The Balaban J connectivity index is 1.95. The molecule has 0 aromatic carbocycles. The largest absolute Gasteiger partial charge is 0.489 e. The monoisotopic (exact) mass is 269 g/mol. The summed E-state index contributed by atoms with van der Waals surface area (Å²) in [7, 11) is 0. The number of aromatic nitrogens is 1. The van der Waals surface area contributed by atoms with E-state index in [1.807, 2.05) is 6.07 Å². The smallest absolute Gasteiger partial charge is 0.136 e. The Morgan fingerprint density at radius 3 is 2.73 bits per heavy atom. The normalized spacial score (nSPS) is 26.3. The number of pyridine rings is 1. The van der Waals surface area contributed by atoms with Gasteiger partial charge in [0.05, 0.1) is 10.6 Å². The average molecular weight is 270 g/mol. The summed E-state index contributed by atoms with van der Waals surface area (Å²) in [6, 6.07) is 1.92. The van der Waals surface area contributed by atoms with E-state index in [-0.39, 0.29) is 0 Å². The van der Waals surface area contributed by atoms with Gasteiger partial charge in [0, 0.05) is 12.4 Å². The summed E-state index contributed by atoms with van der Waals surface area (Å²) in [6.45, 7) is 2.32. The SMILES string of the molecule is CC1CCC(Oc2ccncc2Br)CC1. The number of rotatable bonds is 2. The van der Waals surface area contributed by atoms with Gasteiger partial charge >= 0.3 is 0 Å². The fraction of sp³-hybridized carbons (Fsp3) is 0.583. The first-order chi connectivity index (χ1) is 7.25. The molecule has 82 valence electrons. The van der Waals surface area contributed by atoms with E-state index in [4.69, 9.17) is 4.74 Å². The summed E-state index contributed by atoms with van der Waals surface area (Å²) in [5, 5.41) is 0. The minimum absolute atomic E-state index is 0.389. The maximum absolute atomic E-state index is 5.95. The zero-order chi connectivity index (χ0) is 10.7. The first-order valence-electron chi connectivity index (χ1n) is 5.52. The first kappa shape index (κ1) is 10.9. The van der Waals surface area contributed by atoms with Gasteiger partial charge in [-0.3, -0.25) is 4.98 Å². The minimum atomic E-state index is 0.389. The minimum Gasteiger partial charge on any atom is -0.489 e. The van der Waals surface area contributed by atoms with Crippen LogP contribution in [0.1, 0.15) is 32.6 Å². The standard InChI is InChI=1S/C12H16BrNO/c1-9-2-4-10(5-3-9)15-12-6-7-14-8-11(12)13/h6-10H,2-5H2,1H3. The van der Waals surface area contributed by atoms with Crippen LogP contribution in [0.2, 0.25) is 0 Å². The molecule has 1 aromatic rings. The molecule has 0 aliphatic heterocycles. The molecule has 1 aliphatic rings. The van der Waals surface area contributed by atoms with Crippen molar-refractivity contribution in [3.05, 3.63) is 22.9 Å². The first-order valence-corrected chi connectivity index (χ1v) is 6.31. The van der Waals surface area contributed by atoms with Crippen molar-refractivity contribution < 1.29 is 4.74 Å². The Hall–Kier alpha value is -0.570. The molecule has 0 amide bonds. The number of halogens is 1. The quantitative estimate of drug-likeness (QED) is 0.815. The fourth-order valence-electron chi connectivity index (χ4n) is 1.98. The van der Waals surface area contributed by atoms with Gasteiger partial charge in [0.1, 0.15) is 5.75 Å². The van der Waals surface area contributed by atoms with Crippen LogP contribution in [0.5, 0.6) is 5.75 Å². The van der Waals surface area contributed by atoms with Gasteiger partial charge in [-0.25, -0.2) is 0 Å². The highest BCUT2D eigenvalue weighted by Gasteiger charge is 2.19. The van der Waals surface area contributed by atoms with Gasteiger partial charge in [-0.1, -0.05) is 6.92 Å². The van der Waals surface area contributed by atoms with Crippen LogP contribution < -0.4 is 4.74 Å². The summed E-state index contributed by atoms with van der Waals surface area (Å²) in [5.74, 6) is 1.79. The van der Waals surface area contributed by atoms with E-state index in [1.165, 1.54) is 25.7 Å². The predicted octanol–water partition coefficient (Wildman–Crippen LogP) is 3.80. The lowest BCUT2D eigenvalue weighted by Crippen LogP contribution is -2.23. The van der Waals surface area contributed by atoms with Crippen LogP contribution in [0, 0.1) is 5.92 Å². The van der Waals surface area contributed by atoms with E-state index in [1.54, 1.807) is 12.4 Å². The van der Waals surface area contributed by atoms with Gasteiger partial charge < -0.3 is 4.74 Å². The molecule has 0 radical (unpaired) electrons. The van der Waals surface area contributed by atoms with Gasteiger partial charge in [-0.05, 0) is 53.6 Å². The molecule has 0 saturated heterocycles. The van der Waals surface area contributed by atoms with Crippen LogP contribution in [0.25, 0.3) is 0 Å². The van der Waals surface area contributed by atoms with Crippen LogP contribution in [-0.4, -0.2) is 11.1 Å². The second kappa shape index (κ2) is 4.97. The lowest BCUT2D eigenvalue weighted by molar-refractivity contribution is 0.134. The van der Waals surface area contributed by atoms with E-state index in [9.17, 15) is 0 Å². The lowest BCUT2D eigenvalue weighted by atomic mass is 9.89. The van der Waals surface area contributed by atoms with Gasteiger partial charge in [0.15, 0.2) is 0 Å². The lowest BCUT2D eigenvalue weighted by Gasteiger charge is -2.27. The van der Waals surface area contributed by atoms with Crippen LogP contribution in [-0.2, 0) is 0 Å². The van der Waals surface area contributed by atoms with E-state index in [0.717, 1.165) is 16.1 Å². The topological polar surface area (TPSA) is 22.1 Å². The molecule has 1 saturated carbocycles. The predicted molar refractivity (Wildman–Crippen MR) is 64.0 cm³/mol. The number of hydrogen-bond acceptors (Lipinski definition) is 2. The van der Waals surface area contributed by atoms with Crippen molar-refractivity contribution in [3.8, 4) is 5.75 Å². The summed E-state index contributed by atoms with van der Waals surface area (Å²) < 4.78 is 6.90. The summed E-state index contributed by atoms with van der Waals surface area (Å²) >= 11 is 3.45. The molecule has 0 N–H and O–H groups in total. The van der Waals surface area contributed by atoms with Gasteiger partial charge in [-0.2, -0.15) is 0 Å². The van der Waals surface area contributed by atoms with Crippen molar-refractivity contribution in [2.75, 3.05) is 0 Å². The average Bonchev–Trinajstić information content (AvgIpc) is 2.25. The molecule has 0 spiro atoms. The maximum atomic E-state index is 5.95. The molecule has 2 nitrogen and oxygen atoms in total. The number of hydrogen-bond donors (Lipinski definition) is 0. The molecule has 1 aliphatic carbocycles. The maximum Gasteiger partial charge on any atom is 0.136 e. The molecule has 0 atom stereocenters. The highest BCUT2D eigenvalue weighted by Crippen LogP contribution is 2.30. The molecule has 15 heavy (non-hydrogen) atoms. The second-order valence-corrected chi connectivity index (χ2v) is 5.16. The van der Waals surface area contributed by atoms with E-state index in [0.29, 0.717) is 6.10 Å². The van der Waals surface area contributed by atoms with E-state index < -0.39 is 0 Å². The van der Waals surface area contributed by atoms with Crippen molar-refractivity contribution >= 4 is 15.9 Å². The molecule has 1 fully saturated rings. The third kappa shape index (κ3) is 2.94. The fourth-order valence-corrected chi connectivity index (χ4v) is 2.33. The van der Waals surface area contributed by atoms with Crippen LogP contribution in [0.3, 0.4) is 0 Å². The van der Waals surface area contributed by atoms with Crippen molar-refractivity contribution in [3.63, 3.8) is 0 Å². The number of nitrogens with zero attached hydrogens (tertiary/aromatic N) is 1. The van der Waals surface area contributed by atoms with Crippen LogP contribution in [0.15, 0.2) is 22.9 Å². The van der Waals surface area contributed by atoms with Gasteiger partial charge in [-0.15, -0.1) is 0 Å². The van der Waals surface area contributed by atoms with Crippen molar-refractivity contribution in [2.45, 2.75) is 38.7 Å². The summed E-state index contributed by atoms with van der Waals surface area (Å²) in [6.07, 6.45) is 8.86. The zero-order valence-corrected chi connectivity index (χ0v) is 10.5. The van der Waals surface area contributed by atoms with E-state index >= 15 is 0 Å². The molecular formula is C12H16BrNO. The Bertz CT molecular complexity index is 321. The molecule has 1 aromatic heterocycles. The Kier molecular flexibility index (Phi) is 3.62. The summed E-state index contributed by atoms with van der Waals surface area (Å²) in [5.41, 5.74) is 0.